The SMILES string of the molecule is CC(=O)Nc1cccc(N2CCCC2=N)c1. The summed E-state index contributed by atoms with van der Waals surface area (Å²) >= 11 is 0. The molecule has 0 saturated carbocycles. The topological polar surface area (TPSA) is 56.2 Å². The van der Waals surface area contributed by atoms with Gasteiger partial charge < -0.3 is 10.2 Å². The van der Waals surface area contributed by atoms with Crippen molar-refractivity contribution in [3.63, 3.8) is 0 Å². The van der Waals surface area contributed by atoms with E-state index in [-0.39, 0.29) is 5.91 Å². The number of carbonyl (C=O) groups is 1. The molecule has 1 aromatic rings. The largest absolute Gasteiger partial charge is 0.330 e. The number of hydrogen-bond donors (Lipinski definition) is 2. The van der Waals surface area contributed by atoms with Gasteiger partial charge in [0.05, 0.1) is 0 Å². The Morgan fingerprint density at radius 1 is 1.50 bits per heavy atom. The number of carbonyl (C=O) groups excluding carboxylic acids is 1. The fourth-order valence-corrected chi connectivity index (χ4v) is 1.91. The summed E-state index contributed by atoms with van der Waals surface area (Å²) in [6, 6.07) is 7.61. The Kier molecular flexibility index (Phi) is 2.90. The van der Waals surface area contributed by atoms with Crippen molar-refractivity contribution in [2.45, 2.75) is 19.8 Å². The Hall–Kier alpha value is -1.84. The molecular formula is C12H15N3O. The molecule has 1 heterocycles. The molecule has 4 nitrogen and oxygen atoms in total. The highest BCUT2D eigenvalue weighted by atomic mass is 16.1. The lowest BCUT2D eigenvalue weighted by atomic mass is 10.2. The van der Waals surface area contributed by atoms with E-state index >= 15 is 0 Å². The van der Waals surface area contributed by atoms with Crippen molar-refractivity contribution in [3.05, 3.63) is 24.3 Å². The number of amides is 1. The van der Waals surface area contributed by atoms with Gasteiger partial charge in [-0.25, -0.2) is 0 Å². The molecule has 1 saturated heterocycles. The Morgan fingerprint density at radius 2 is 2.31 bits per heavy atom. The van der Waals surface area contributed by atoms with Crippen molar-refractivity contribution in [2.75, 3.05) is 16.8 Å². The molecule has 1 aromatic carbocycles. The third-order valence-corrected chi connectivity index (χ3v) is 2.60. The quantitative estimate of drug-likeness (QED) is 0.798. The zero-order valence-corrected chi connectivity index (χ0v) is 9.29. The van der Waals surface area contributed by atoms with Crippen LogP contribution in [0.25, 0.3) is 0 Å². The van der Waals surface area contributed by atoms with Crippen LogP contribution in [0.4, 0.5) is 11.4 Å². The van der Waals surface area contributed by atoms with Gasteiger partial charge in [-0.1, -0.05) is 6.07 Å². The average Bonchev–Trinajstić information content (AvgIpc) is 2.64. The number of amidine groups is 1. The van der Waals surface area contributed by atoms with Crippen LogP contribution in [0.2, 0.25) is 0 Å². The summed E-state index contributed by atoms with van der Waals surface area (Å²) in [5.74, 6) is 0.577. The minimum atomic E-state index is -0.0753. The van der Waals surface area contributed by atoms with Crippen LogP contribution in [0.5, 0.6) is 0 Å². The molecule has 84 valence electrons. The summed E-state index contributed by atoms with van der Waals surface area (Å²) in [5, 5.41) is 10.5. The number of anilines is 2. The van der Waals surface area contributed by atoms with Gasteiger partial charge >= 0.3 is 0 Å². The van der Waals surface area contributed by atoms with Crippen molar-refractivity contribution < 1.29 is 4.79 Å². The fourth-order valence-electron chi connectivity index (χ4n) is 1.91. The van der Waals surface area contributed by atoms with E-state index in [4.69, 9.17) is 5.41 Å². The second-order valence-corrected chi connectivity index (χ2v) is 3.93. The van der Waals surface area contributed by atoms with Crippen LogP contribution in [0.3, 0.4) is 0 Å². The Balaban J connectivity index is 2.21. The zero-order valence-electron chi connectivity index (χ0n) is 9.29. The monoisotopic (exact) mass is 217 g/mol. The molecule has 2 rings (SSSR count). The fraction of sp³-hybridized carbons (Fsp3) is 0.333. The van der Waals surface area contributed by atoms with Gasteiger partial charge in [0.2, 0.25) is 5.91 Å². The molecule has 4 heteroatoms. The van der Waals surface area contributed by atoms with E-state index < -0.39 is 0 Å². The van der Waals surface area contributed by atoms with E-state index in [1.807, 2.05) is 29.2 Å². The lowest BCUT2D eigenvalue weighted by Crippen LogP contribution is -2.23. The van der Waals surface area contributed by atoms with Crippen molar-refractivity contribution in [2.24, 2.45) is 0 Å². The molecule has 2 N–H and O–H groups in total. The van der Waals surface area contributed by atoms with E-state index in [2.05, 4.69) is 5.32 Å². The highest BCUT2D eigenvalue weighted by Crippen LogP contribution is 2.24. The molecule has 16 heavy (non-hydrogen) atoms. The maximum atomic E-state index is 10.9. The molecule has 0 aliphatic carbocycles. The van der Waals surface area contributed by atoms with Crippen molar-refractivity contribution in [1.29, 1.82) is 5.41 Å². The Labute approximate surface area is 94.8 Å². The van der Waals surface area contributed by atoms with Crippen molar-refractivity contribution >= 4 is 23.1 Å². The second-order valence-electron chi connectivity index (χ2n) is 3.93. The van der Waals surface area contributed by atoms with E-state index in [0.717, 1.165) is 30.8 Å². The maximum absolute atomic E-state index is 10.9. The lowest BCUT2D eigenvalue weighted by molar-refractivity contribution is -0.114. The molecule has 0 spiro atoms. The predicted molar refractivity (Wildman–Crippen MR) is 65.1 cm³/mol. The molecule has 0 atom stereocenters. The molecular weight excluding hydrogens is 202 g/mol. The number of nitrogens with one attached hydrogen (secondary N) is 2. The van der Waals surface area contributed by atoms with Crippen LogP contribution < -0.4 is 10.2 Å². The van der Waals surface area contributed by atoms with Crippen LogP contribution in [0, 0.1) is 5.41 Å². The smallest absolute Gasteiger partial charge is 0.221 e. The van der Waals surface area contributed by atoms with Gasteiger partial charge in [0, 0.05) is 31.3 Å². The minimum absolute atomic E-state index is 0.0753. The van der Waals surface area contributed by atoms with E-state index in [1.165, 1.54) is 6.92 Å². The lowest BCUT2D eigenvalue weighted by Gasteiger charge is -2.18. The summed E-state index contributed by atoms with van der Waals surface area (Å²) in [4.78, 5) is 12.9. The predicted octanol–water partition coefficient (Wildman–Crippen LogP) is 2.22. The second kappa shape index (κ2) is 4.35. The first kappa shape index (κ1) is 10.7. The van der Waals surface area contributed by atoms with Gasteiger partial charge in [-0.05, 0) is 24.6 Å². The first-order valence-electron chi connectivity index (χ1n) is 5.39. The van der Waals surface area contributed by atoms with Crippen LogP contribution >= 0.6 is 0 Å². The van der Waals surface area contributed by atoms with Crippen LogP contribution in [-0.2, 0) is 4.79 Å². The van der Waals surface area contributed by atoms with Crippen molar-refractivity contribution in [1.82, 2.24) is 0 Å². The molecule has 1 aliphatic rings. The van der Waals surface area contributed by atoms with Gasteiger partial charge in [0.15, 0.2) is 0 Å². The van der Waals surface area contributed by atoms with Gasteiger partial charge in [0.1, 0.15) is 5.84 Å². The number of benzene rings is 1. The molecule has 1 fully saturated rings. The third kappa shape index (κ3) is 2.21. The standard InChI is InChI=1S/C12H15N3O/c1-9(16)14-10-4-2-5-11(8-10)15-7-3-6-12(15)13/h2,4-5,8,13H,3,6-7H2,1H3,(H,14,16). The van der Waals surface area contributed by atoms with Gasteiger partial charge in [-0.2, -0.15) is 0 Å². The first-order valence-corrected chi connectivity index (χ1v) is 5.39. The Morgan fingerprint density at radius 3 is 2.94 bits per heavy atom. The molecule has 1 amide bonds. The summed E-state index contributed by atoms with van der Waals surface area (Å²) in [5.41, 5.74) is 1.76. The molecule has 0 radical (unpaired) electrons. The molecule has 0 aromatic heterocycles. The van der Waals surface area contributed by atoms with Crippen LogP contribution in [0.15, 0.2) is 24.3 Å². The van der Waals surface area contributed by atoms with E-state index in [0.29, 0.717) is 5.84 Å². The summed E-state index contributed by atoms with van der Waals surface area (Å²) in [6.07, 6.45) is 1.87. The summed E-state index contributed by atoms with van der Waals surface area (Å²) in [6.45, 7) is 2.38. The highest BCUT2D eigenvalue weighted by molar-refractivity contribution is 5.98. The molecule has 1 aliphatic heterocycles. The highest BCUT2D eigenvalue weighted by Gasteiger charge is 2.18. The van der Waals surface area contributed by atoms with Crippen LogP contribution in [-0.4, -0.2) is 18.3 Å². The number of nitrogens with zero attached hydrogens (tertiary/aromatic N) is 1. The summed E-state index contributed by atoms with van der Waals surface area (Å²) in [7, 11) is 0. The van der Waals surface area contributed by atoms with E-state index in [9.17, 15) is 4.79 Å². The van der Waals surface area contributed by atoms with E-state index in [1.54, 1.807) is 0 Å². The summed E-state index contributed by atoms with van der Waals surface area (Å²) < 4.78 is 0. The first-order chi connectivity index (χ1) is 7.66. The molecule has 0 bridgehead atoms. The zero-order chi connectivity index (χ0) is 11.5. The van der Waals surface area contributed by atoms with Gasteiger partial charge in [-0.3, -0.25) is 10.2 Å². The maximum Gasteiger partial charge on any atom is 0.221 e. The average molecular weight is 217 g/mol. The molecule has 0 unspecified atom stereocenters. The van der Waals surface area contributed by atoms with Crippen LogP contribution in [0.1, 0.15) is 19.8 Å². The van der Waals surface area contributed by atoms with Gasteiger partial charge in [-0.15, -0.1) is 0 Å². The number of rotatable bonds is 2. The van der Waals surface area contributed by atoms with Gasteiger partial charge in [0.25, 0.3) is 0 Å². The minimum Gasteiger partial charge on any atom is -0.330 e. The number of hydrogen-bond acceptors (Lipinski definition) is 2. The Bertz CT molecular complexity index is 428. The van der Waals surface area contributed by atoms with Crippen molar-refractivity contribution in [3.8, 4) is 0 Å². The third-order valence-electron chi connectivity index (χ3n) is 2.60. The normalized spacial score (nSPS) is 15.3.